The van der Waals surface area contributed by atoms with Crippen molar-refractivity contribution in [3.63, 3.8) is 0 Å². The van der Waals surface area contributed by atoms with Crippen LogP contribution in [0.3, 0.4) is 0 Å². The average Bonchev–Trinajstić information content (AvgIpc) is 3.36. The fourth-order valence-electron chi connectivity index (χ4n) is 1.87. The normalized spacial score (nSPS) is 15.7. The second-order valence-electron chi connectivity index (χ2n) is 5.00. The molecule has 0 bridgehead atoms. The van der Waals surface area contributed by atoms with Crippen molar-refractivity contribution in [1.82, 2.24) is 0 Å². The lowest BCUT2D eigenvalue weighted by Gasteiger charge is -2.20. The van der Waals surface area contributed by atoms with Gasteiger partial charge in [-0.25, -0.2) is 4.79 Å². The van der Waals surface area contributed by atoms with Crippen molar-refractivity contribution in [3.8, 4) is 0 Å². The van der Waals surface area contributed by atoms with Crippen LogP contribution in [0.25, 0.3) is 0 Å². The van der Waals surface area contributed by atoms with E-state index >= 15 is 0 Å². The summed E-state index contributed by atoms with van der Waals surface area (Å²) in [4.78, 5) is 36.2. The average molecular weight is 341 g/mol. The van der Waals surface area contributed by atoms with Gasteiger partial charge in [0, 0.05) is 11.5 Å². The van der Waals surface area contributed by atoms with Crippen molar-refractivity contribution in [3.05, 3.63) is 48.6 Å². The summed E-state index contributed by atoms with van der Waals surface area (Å²) >= 11 is 11.6. The molecule has 0 aromatic heterocycles. The third-order valence-corrected chi connectivity index (χ3v) is 3.96. The number of ketones is 2. The first kappa shape index (κ1) is 16.7. The van der Waals surface area contributed by atoms with E-state index < -0.39 is 28.0 Å². The van der Waals surface area contributed by atoms with Gasteiger partial charge in [-0.05, 0) is 18.9 Å². The first-order chi connectivity index (χ1) is 10.4. The van der Waals surface area contributed by atoms with E-state index in [1.165, 1.54) is 6.08 Å². The van der Waals surface area contributed by atoms with Crippen LogP contribution >= 0.6 is 23.2 Å². The first-order valence-electron chi connectivity index (χ1n) is 6.73. The van der Waals surface area contributed by atoms with Crippen molar-refractivity contribution in [2.75, 3.05) is 0 Å². The molecule has 1 aliphatic carbocycles. The highest BCUT2D eigenvalue weighted by atomic mass is 35.5. The standard InChI is InChI=1S/C16H14Cl2O4/c1-2-12(13(19)10-6-4-3-5-7-10)22-15(21)16(17,18)14(20)11-8-9-11/h2-7,11-12H,1,8-9H2. The largest absolute Gasteiger partial charge is 0.447 e. The lowest BCUT2D eigenvalue weighted by atomic mass is 10.1. The number of hydrogen-bond donors (Lipinski definition) is 0. The van der Waals surface area contributed by atoms with E-state index in [1.54, 1.807) is 30.3 Å². The van der Waals surface area contributed by atoms with Gasteiger partial charge in [-0.2, -0.15) is 0 Å². The van der Waals surface area contributed by atoms with Crippen LogP contribution in [0.15, 0.2) is 43.0 Å². The highest BCUT2D eigenvalue weighted by molar-refractivity contribution is 6.67. The molecule has 0 N–H and O–H groups in total. The summed E-state index contributed by atoms with van der Waals surface area (Å²) in [5.74, 6) is -2.51. The number of benzene rings is 1. The number of halogens is 2. The van der Waals surface area contributed by atoms with Gasteiger partial charge in [0.15, 0.2) is 11.9 Å². The van der Waals surface area contributed by atoms with Crippen LogP contribution in [0, 0.1) is 5.92 Å². The third-order valence-electron chi connectivity index (χ3n) is 3.28. The minimum atomic E-state index is -2.29. The molecule has 2 rings (SSSR count). The zero-order valence-electron chi connectivity index (χ0n) is 11.6. The first-order valence-corrected chi connectivity index (χ1v) is 7.48. The van der Waals surface area contributed by atoms with Gasteiger partial charge >= 0.3 is 5.97 Å². The third kappa shape index (κ3) is 3.57. The monoisotopic (exact) mass is 340 g/mol. The molecule has 0 saturated heterocycles. The quantitative estimate of drug-likeness (QED) is 0.251. The Morgan fingerprint density at radius 1 is 1.23 bits per heavy atom. The molecule has 4 nitrogen and oxygen atoms in total. The van der Waals surface area contributed by atoms with E-state index in [2.05, 4.69) is 6.58 Å². The number of Topliss-reactive ketones (excluding diaryl/α,β-unsaturated/α-hetero) is 2. The highest BCUT2D eigenvalue weighted by Crippen LogP contribution is 2.39. The fourth-order valence-corrected chi connectivity index (χ4v) is 2.26. The Bertz CT molecular complexity index is 606. The molecule has 1 saturated carbocycles. The maximum atomic E-state index is 12.2. The topological polar surface area (TPSA) is 60.4 Å². The molecule has 0 amide bonds. The number of ether oxygens (including phenoxy) is 1. The summed E-state index contributed by atoms with van der Waals surface area (Å²) in [7, 11) is 0. The van der Waals surface area contributed by atoms with Gasteiger partial charge in [-0.3, -0.25) is 9.59 Å². The van der Waals surface area contributed by atoms with Gasteiger partial charge < -0.3 is 4.74 Å². The molecule has 0 heterocycles. The molecule has 0 aliphatic heterocycles. The summed E-state index contributed by atoms with van der Waals surface area (Å²) in [6, 6.07) is 8.27. The van der Waals surface area contributed by atoms with E-state index in [0.29, 0.717) is 18.4 Å². The summed E-state index contributed by atoms with van der Waals surface area (Å²) in [5, 5.41) is 0. The summed E-state index contributed by atoms with van der Waals surface area (Å²) in [6.07, 6.45) is 1.22. The smallest absolute Gasteiger partial charge is 0.351 e. The fraction of sp³-hybridized carbons (Fsp3) is 0.312. The maximum absolute atomic E-state index is 12.2. The molecule has 116 valence electrons. The molecule has 1 unspecified atom stereocenters. The summed E-state index contributed by atoms with van der Waals surface area (Å²) in [6.45, 7) is 3.47. The second kappa shape index (κ2) is 6.63. The van der Waals surface area contributed by atoms with Gasteiger partial charge in [0.05, 0.1) is 0 Å². The van der Waals surface area contributed by atoms with Crippen LogP contribution in [0.1, 0.15) is 23.2 Å². The minimum Gasteiger partial charge on any atom is -0.447 e. The van der Waals surface area contributed by atoms with Crippen LogP contribution in [-0.2, 0) is 14.3 Å². The van der Waals surface area contributed by atoms with Crippen molar-refractivity contribution < 1.29 is 19.1 Å². The number of rotatable bonds is 7. The lowest BCUT2D eigenvalue weighted by Crippen LogP contribution is -2.41. The van der Waals surface area contributed by atoms with Crippen LogP contribution in [0.4, 0.5) is 0 Å². The van der Waals surface area contributed by atoms with Gasteiger partial charge in [-0.1, -0.05) is 60.1 Å². The highest BCUT2D eigenvalue weighted by Gasteiger charge is 2.50. The molecule has 1 atom stereocenters. The number of alkyl halides is 2. The van der Waals surface area contributed by atoms with Gasteiger partial charge in [-0.15, -0.1) is 0 Å². The van der Waals surface area contributed by atoms with E-state index in [9.17, 15) is 14.4 Å². The Balaban J connectivity index is 2.09. The Hall–Kier alpha value is -1.65. The Labute approximate surface area is 138 Å². The summed E-state index contributed by atoms with van der Waals surface area (Å²) in [5.41, 5.74) is 0.350. The Morgan fingerprint density at radius 3 is 2.32 bits per heavy atom. The van der Waals surface area contributed by atoms with Crippen molar-refractivity contribution in [1.29, 1.82) is 0 Å². The second-order valence-corrected chi connectivity index (χ2v) is 6.33. The van der Waals surface area contributed by atoms with Gasteiger partial charge in [0.2, 0.25) is 5.78 Å². The molecular weight excluding hydrogens is 327 g/mol. The molecule has 1 aromatic carbocycles. The number of carbonyl (C=O) groups is 3. The maximum Gasteiger partial charge on any atom is 0.351 e. The molecule has 1 fully saturated rings. The Kier molecular flexibility index (Phi) is 5.04. The molecule has 0 radical (unpaired) electrons. The predicted molar refractivity (Wildman–Crippen MR) is 83.0 cm³/mol. The van der Waals surface area contributed by atoms with Crippen LogP contribution in [0.2, 0.25) is 0 Å². The molecule has 1 aliphatic rings. The zero-order valence-corrected chi connectivity index (χ0v) is 13.1. The van der Waals surface area contributed by atoms with E-state index in [0.717, 1.165) is 0 Å². The van der Waals surface area contributed by atoms with Crippen molar-refractivity contribution >= 4 is 40.7 Å². The van der Waals surface area contributed by atoms with Crippen molar-refractivity contribution in [2.24, 2.45) is 5.92 Å². The van der Waals surface area contributed by atoms with Crippen molar-refractivity contribution in [2.45, 2.75) is 23.3 Å². The van der Waals surface area contributed by atoms with E-state index in [4.69, 9.17) is 27.9 Å². The Morgan fingerprint density at radius 2 is 1.82 bits per heavy atom. The van der Waals surface area contributed by atoms with E-state index in [1.807, 2.05) is 0 Å². The van der Waals surface area contributed by atoms with Gasteiger partial charge in [0.25, 0.3) is 4.33 Å². The molecule has 1 aromatic rings. The van der Waals surface area contributed by atoms with Crippen LogP contribution in [-0.4, -0.2) is 28.0 Å². The SMILES string of the molecule is C=CC(OC(=O)C(Cl)(Cl)C(=O)C1CC1)C(=O)c1ccccc1. The molecule has 0 spiro atoms. The van der Waals surface area contributed by atoms with Crippen LogP contribution in [0.5, 0.6) is 0 Å². The van der Waals surface area contributed by atoms with Gasteiger partial charge in [0.1, 0.15) is 0 Å². The molecule has 22 heavy (non-hydrogen) atoms. The molecule has 6 heteroatoms. The minimum absolute atomic E-state index is 0.311. The lowest BCUT2D eigenvalue weighted by molar-refractivity contribution is -0.148. The molecular formula is C16H14Cl2O4. The van der Waals surface area contributed by atoms with Crippen LogP contribution < -0.4 is 0 Å². The number of esters is 1. The zero-order chi connectivity index (χ0) is 16.3. The number of carbonyl (C=O) groups excluding carboxylic acids is 3. The number of hydrogen-bond acceptors (Lipinski definition) is 4. The predicted octanol–water partition coefficient (Wildman–Crippen LogP) is 3.12. The van der Waals surface area contributed by atoms with E-state index in [-0.39, 0.29) is 5.92 Å². The summed E-state index contributed by atoms with van der Waals surface area (Å²) < 4.78 is 2.70.